The molecule has 5 rings (SSSR count). The average Bonchev–Trinajstić information content (AvgIpc) is 3.43. The molecule has 0 aliphatic carbocycles. The van der Waals surface area contributed by atoms with E-state index in [4.69, 9.17) is 4.98 Å². The molecule has 0 radical (unpaired) electrons. The van der Waals surface area contributed by atoms with Crippen LogP contribution in [0.3, 0.4) is 0 Å². The summed E-state index contributed by atoms with van der Waals surface area (Å²) in [6.45, 7) is 3.97. The Hall–Kier alpha value is -2.80. The molecule has 3 aromatic heterocycles. The first-order valence-corrected chi connectivity index (χ1v) is 9.59. The molecule has 1 aliphatic rings. The second-order valence-corrected chi connectivity index (χ2v) is 7.50. The maximum atomic E-state index is 4.91. The first-order valence-electron chi connectivity index (χ1n) is 8.71. The highest BCUT2D eigenvalue weighted by Crippen LogP contribution is 2.33. The molecule has 1 aliphatic heterocycles. The monoisotopic (exact) mass is 362 g/mol. The van der Waals surface area contributed by atoms with Crippen LogP contribution in [0.4, 0.5) is 5.82 Å². The van der Waals surface area contributed by atoms with Crippen molar-refractivity contribution in [2.75, 3.05) is 18.0 Å². The number of aryl methyl sites for hydroxylation is 1. The number of benzene rings is 1. The Kier molecular flexibility index (Phi) is 3.67. The van der Waals surface area contributed by atoms with Gasteiger partial charge in [0, 0.05) is 36.2 Å². The zero-order valence-corrected chi connectivity index (χ0v) is 15.2. The number of anilines is 1. The van der Waals surface area contributed by atoms with Crippen LogP contribution in [-0.4, -0.2) is 37.9 Å². The fourth-order valence-electron chi connectivity index (χ4n) is 3.57. The maximum absolute atomic E-state index is 4.91. The van der Waals surface area contributed by atoms with E-state index in [1.807, 2.05) is 22.3 Å². The third-order valence-electron chi connectivity index (χ3n) is 4.94. The van der Waals surface area contributed by atoms with E-state index < -0.39 is 0 Å². The minimum atomic E-state index is 0.437. The number of hydrogen-bond acceptors (Lipinski definition) is 6. The smallest absolute Gasteiger partial charge is 0.160 e. The summed E-state index contributed by atoms with van der Waals surface area (Å²) in [5, 5.41) is 13.9. The van der Waals surface area contributed by atoms with Crippen molar-refractivity contribution in [1.82, 2.24) is 24.8 Å². The van der Waals surface area contributed by atoms with Gasteiger partial charge in [-0.15, -0.1) is 21.5 Å². The molecule has 0 N–H and O–H groups in total. The van der Waals surface area contributed by atoms with Crippen LogP contribution in [0.2, 0.25) is 0 Å². The Bertz CT molecular complexity index is 1040. The van der Waals surface area contributed by atoms with Crippen molar-refractivity contribution in [3.05, 3.63) is 58.7 Å². The molecule has 4 heterocycles. The molecule has 4 aromatic rings. The molecule has 130 valence electrons. The van der Waals surface area contributed by atoms with Gasteiger partial charge in [0.05, 0.1) is 11.9 Å². The summed E-state index contributed by atoms with van der Waals surface area (Å²) in [7, 11) is 0. The van der Waals surface area contributed by atoms with Crippen molar-refractivity contribution >= 4 is 22.8 Å². The highest BCUT2D eigenvalue weighted by atomic mass is 32.1. The van der Waals surface area contributed by atoms with E-state index in [-0.39, 0.29) is 0 Å². The van der Waals surface area contributed by atoms with Crippen molar-refractivity contribution in [3.8, 4) is 11.3 Å². The Morgan fingerprint density at radius 1 is 1.19 bits per heavy atom. The Morgan fingerprint density at radius 2 is 2.08 bits per heavy atom. The highest BCUT2D eigenvalue weighted by molar-refractivity contribution is 7.09. The summed E-state index contributed by atoms with van der Waals surface area (Å²) < 4.78 is 1.94. The van der Waals surface area contributed by atoms with Gasteiger partial charge in [-0.05, 0) is 13.3 Å². The van der Waals surface area contributed by atoms with Crippen LogP contribution in [0.25, 0.3) is 16.9 Å². The minimum absolute atomic E-state index is 0.437. The van der Waals surface area contributed by atoms with E-state index in [1.54, 1.807) is 11.3 Å². The van der Waals surface area contributed by atoms with Gasteiger partial charge < -0.3 is 4.90 Å². The highest BCUT2D eigenvalue weighted by Gasteiger charge is 2.28. The number of fused-ring (bicyclic) bond motifs is 1. The predicted octanol–water partition coefficient (Wildman–Crippen LogP) is 3.55. The zero-order valence-electron chi connectivity index (χ0n) is 14.4. The second-order valence-electron chi connectivity index (χ2n) is 6.64. The van der Waals surface area contributed by atoms with E-state index in [2.05, 4.69) is 57.5 Å². The van der Waals surface area contributed by atoms with Gasteiger partial charge in [-0.25, -0.2) is 9.50 Å². The minimum Gasteiger partial charge on any atom is -0.356 e. The molecule has 7 heteroatoms. The molecule has 0 bridgehead atoms. The van der Waals surface area contributed by atoms with E-state index in [0.29, 0.717) is 5.92 Å². The summed E-state index contributed by atoms with van der Waals surface area (Å²) in [6, 6.07) is 12.5. The number of rotatable bonds is 3. The first-order chi connectivity index (χ1) is 12.8. The van der Waals surface area contributed by atoms with Crippen LogP contribution in [-0.2, 0) is 0 Å². The van der Waals surface area contributed by atoms with Gasteiger partial charge >= 0.3 is 0 Å². The normalized spacial score (nSPS) is 17.3. The second kappa shape index (κ2) is 6.17. The summed E-state index contributed by atoms with van der Waals surface area (Å²) in [6.07, 6.45) is 2.97. The summed E-state index contributed by atoms with van der Waals surface area (Å²) >= 11 is 1.64. The lowest BCUT2D eigenvalue weighted by atomic mass is 10.1. The average molecular weight is 362 g/mol. The molecule has 0 saturated carbocycles. The quantitative estimate of drug-likeness (QED) is 0.558. The number of hydrogen-bond donors (Lipinski definition) is 0. The standard InChI is InChI=1S/C19H18N6S/c1-13-10-21-25-16(14-5-3-2-4-6-14)9-17(22-18(13)25)24-8-7-15(11-24)19-23-20-12-26-19/h2-6,9-10,12,15H,7-8,11H2,1H3. The molecule has 1 atom stereocenters. The zero-order chi connectivity index (χ0) is 17.5. The fraction of sp³-hybridized carbons (Fsp3) is 0.263. The Balaban J connectivity index is 1.57. The third-order valence-corrected chi connectivity index (χ3v) is 5.80. The summed E-state index contributed by atoms with van der Waals surface area (Å²) in [5.41, 5.74) is 6.03. The third kappa shape index (κ3) is 2.55. The summed E-state index contributed by atoms with van der Waals surface area (Å²) in [4.78, 5) is 7.26. The van der Waals surface area contributed by atoms with Crippen molar-refractivity contribution in [2.45, 2.75) is 19.3 Å². The van der Waals surface area contributed by atoms with Crippen molar-refractivity contribution in [3.63, 3.8) is 0 Å². The molecule has 1 aromatic carbocycles. The molecule has 26 heavy (non-hydrogen) atoms. The largest absolute Gasteiger partial charge is 0.356 e. The molecule has 6 nitrogen and oxygen atoms in total. The molecule has 1 unspecified atom stereocenters. The number of aromatic nitrogens is 5. The van der Waals surface area contributed by atoms with Crippen LogP contribution in [0.15, 0.2) is 48.1 Å². The van der Waals surface area contributed by atoms with Crippen LogP contribution < -0.4 is 4.90 Å². The van der Waals surface area contributed by atoms with Crippen LogP contribution in [0, 0.1) is 6.92 Å². The van der Waals surface area contributed by atoms with E-state index in [1.165, 1.54) is 0 Å². The van der Waals surface area contributed by atoms with E-state index in [9.17, 15) is 0 Å². The fourth-order valence-corrected chi connectivity index (χ4v) is 4.25. The van der Waals surface area contributed by atoms with Gasteiger partial charge in [-0.3, -0.25) is 0 Å². The van der Waals surface area contributed by atoms with Crippen LogP contribution >= 0.6 is 11.3 Å². The Morgan fingerprint density at radius 3 is 2.88 bits per heavy atom. The van der Waals surface area contributed by atoms with Crippen LogP contribution in [0.5, 0.6) is 0 Å². The Labute approximate surface area is 155 Å². The summed E-state index contributed by atoms with van der Waals surface area (Å²) in [5.74, 6) is 1.44. The van der Waals surface area contributed by atoms with Gasteiger partial charge in [0.2, 0.25) is 0 Å². The molecular weight excluding hydrogens is 344 g/mol. The van der Waals surface area contributed by atoms with E-state index in [0.717, 1.165) is 52.8 Å². The predicted molar refractivity (Wildman–Crippen MR) is 103 cm³/mol. The molecule has 0 amide bonds. The lowest BCUT2D eigenvalue weighted by Crippen LogP contribution is -2.21. The van der Waals surface area contributed by atoms with Crippen LogP contribution in [0.1, 0.15) is 22.9 Å². The van der Waals surface area contributed by atoms with E-state index >= 15 is 0 Å². The molecule has 1 fully saturated rings. The lowest BCUT2D eigenvalue weighted by Gasteiger charge is -2.19. The maximum Gasteiger partial charge on any atom is 0.160 e. The van der Waals surface area contributed by atoms with Gasteiger partial charge in [-0.2, -0.15) is 5.10 Å². The van der Waals surface area contributed by atoms with Gasteiger partial charge in [0.25, 0.3) is 0 Å². The van der Waals surface area contributed by atoms with Crippen molar-refractivity contribution in [2.24, 2.45) is 0 Å². The van der Waals surface area contributed by atoms with Gasteiger partial charge in [0.1, 0.15) is 16.3 Å². The molecule has 1 saturated heterocycles. The van der Waals surface area contributed by atoms with Crippen molar-refractivity contribution < 1.29 is 0 Å². The molecule has 0 spiro atoms. The SMILES string of the molecule is Cc1cnn2c(-c3ccccc3)cc(N3CCC(c4nncs4)C3)nc12. The van der Waals surface area contributed by atoms with Crippen molar-refractivity contribution in [1.29, 1.82) is 0 Å². The van der Waals surface area contributed by atoms with Gasteiger partial charge in [0.15, 0.2) is 5.65 Å². The lowest BCUT2D eigenvalue weighted by molar-refractivity contribution is 0.750. The topological polar surface area (TPSA) is 59.2 Å². The first kappa shape index (κ1) is 15.5. The number of nitrogens with zero attached hydrogens (tertiary/aromatic N) is 6. The van der Waals surface area contributed by atoms with Gasteiger partial charge in [-0.1, -0.05) is 30.3 Å². The molecular formula is C19H18N6S.